The minimum Gasteiger partial charge on any atom is -0.454 e. The smallest absolute Gasteiger partial charge is 0.260 e. The zero-order valence-electron chi connectivity index (χ0n) is 18.4. The molecule has 0 spiro atoms. The highest BCUT2D eigenvalue weighted by Crippen LogP contribution is 2.39. The molecule has 5 rings (SSSR count). The quantitative estimate of drug-likeness (QED) is 0.508. The van der Waals surface area contributed by atoms with Crippen LogP contribution < -0.4 is 4.74 Å². The fourth-order valence-electron chi connectivity index (χ4n) is 4.37. The minimum atomic E-state index is -0.847. The predicted octanol–water partition coefficient (Wildman–Crippen LogP) is 5.30. The van der Waals surface area contributed by atoms with Crippen molar-refractivity contribution in [2.45, 2.75) is 19.9 Å². The summed E-state index contributed by atoms with van der Waals surface area (Å²) in [5, 5.41) is 0. The summed E-state index contributed by atoms with van der Waals surface area (Å²) in [5.41, 5.74) is 2.16. The second-order valence-electron chi connectivity index (χ2n) is 8.40. The molecule has 1 fully saturated rings. The zero-order chi connectivity index (χ0) is 23.1. The second kappa shape index (κ2) is 8.31. The molecule has 2 heterocycles. The monoisotopic (exact) mass is 447 g/mol. The maximum Gasteiger partial charge on any atom is 0.260 e. The van der Waals surface area contributed by atoms with Crippen LogP contribution in [0.1, 0.15) is 28.4 Å². The summed E-state index contributed by atoms with van der Waals surface area (Å²) in [5.74, 6) is -0.176. The third-order valence-electron chi connectivity index (χ3n) is 6.05. The Morgan fingerprint density at radius 2 is 1.76 bits per heavy atom. The summed E-state index contributed by atoms with van der Waals surface area (Å²) in [6, 6.07) is 16.8. The molecule has 1 atom stereocenters. The van der Waals surface area contributed by atoms with E-state index in [2.05, 4.69) is 4.90 Å². The minimum absolute atomic E-state index is 0.276. The summed E-state index contributed by atoms with van der Waals surface area (Å²) in [7, 11) is 0. The molecular formula is C26H23F2N3O2. The van der Waals surface area contributed by atoms with Gasteiger partial charge in [0.05, 0.1) is 5.56 Å². The number of para-hydroxylation sites is 1. The number of halogens is 2. The Labute approximate surface area is 190 Å². The van der Waals surface area contributed by atoms with Crippen molar-refractivity contribution in [1.29, 1.82) is 0 Å². The zero-order valence-corrected chi connectivity index (χ0v) is 18.4. The Bertz CT molecular complexity index is 1250. The summed E-state index contributed by atoms with van der Waals surface area (Å²) < 4.78 is 34.6. The number of nitrogens with zero attached hydrogens (tertiary/aromatic N) is 3. The molecule has 2 aliphatic rings. The first-order valence-electron chi connectivity index (χ1n) is 10.9. The molecule has 0 bridgehead atoms. The van der Waals surface area contributed by atoms with Gasteiger partial charge in [-0.25, -0.2) is 13.8 Å². The standard InChI is InChI=1S/C26H23F2N3O2/c1-16-10-11-21-23(14-16)33-22-9-4-3-6-18(22)25(29-21)30-12-13-31(17(2)15-30)26(32)24-19(27)7-5-8-20(24)28/h3-11,14,17H,12-13,15H2,1-2H3. The van der Waals surface area contributed by atoms with Crippen LogP contribution >= 0.6 is 0 Å². The van der Waals surface area contributed by atoms with Crippen LogP contribution in [0.2, 0.25) is 0 Å². The lowest BCUT2D eigenvalue weighted by molar-refractivity contribution is 0.0571. The van der Waals surface area contributed by atoms with Gasteiger partial charge in [0.15, 0.2) is 5.75 Å². The van der Waals surface area contributed by atoms with E-state index in [0.717, 1.165) is 34.8 Å². The van der Waals surface area contributed by atoms with Crippen molar-refractivity contribution in [3.05, 3.63) is 89.0 Å². The number of amidine groups is 1. The van der Waals surface area contributed by atoms with Crippen molar-refractivity contribution in [2.75, 3.05) is 19.6 Å². The Hall–Kier alpha value is -3.74. The maximum atomic E-state index is 14.2. The average Bonchev–Trinajstić information content (AvgIpc) is 2.95. The van der Waals surface area contributed by atoms with E-state index >= 15 is 0 Å². The molecule has 0 saturated carbocycles. The molecule has 3 aromatic rings. The predicted molar refractivity (Wildman–Crippen MR) is 122 cm³/mol. The topological polar surface area (TPSA) is 45.1 Å². The summed E-state index contributed by atoms with van der Waals surface area (Å²) in [6.45, 7) is 5.13. The number of aliphatic imine (C=N–C) groups is 1. The van der Waals surface area contributed by atoms with Crippen LogP contribution in [0.15, 0.2) is 65.7 Å². The molecule has 0 N–H and O–H groups in total. The molecule has 0 aliphatic carbocycles. The van der Waals surface area contributed by atoms with E-state index < -0.39 is 23.1 Å². The van der Waals surface area contributed by atoms with E-state index in [4.69, 9.17) is 9.73 Å². The molecule has 1 amide bonds. The number of ether oxygens (including phenoxy) is 1. The van der Waals surface area contributed by atoms with Crippen LogP contribution in [0.25, 0.3) is 0 Å². The van der Waals surface area contributed by atoms with Gasteiger partial charge < -0.3 is 14.5 Å². The highest BCUT2D eigenvalue weighted by Gasteiger charge is 2.33. The van der Waals surface area contributed by atoms with E-state index in [1.807, 2.05) is 56.3 Å². The molecule has 0 radical (unpaired) electrons. The lowest BCUT2D eigenvalue weighted by Crippen LogP contribution is -2.55. The molecule has 5 nitrogen and oxygen atoms in total. The van der Waals surface area contributed by atoms with Crippen molar-refractivity contribution in [1.82, 2.24) is 9.80 Å². The number of carbonyl (C=O) groups is 1. The molecule has 3 aromatic carbocycles. The first-order valence-corrected chi connectivity index (χ1v) is 10.9. The first kappa shape index (κ1) is 21.1. The van der Waals surface area contributed by atoms with Crippen LogP contribution in [-0.4, -0.2) is 47.2 Å². The Balaban J connectivity index is 1.46. The van der Waals surface area contributed by atoms with E-state index in [1.54, 1.807) is 0 Å². The van der Waals surface area contributed by atoms with Gasteiger partial charge in [-0.1, -0.05) is 24.3 Å². The summed E-state index contributed by atoms with van der Waals surface area (Å²) in [4.78, 5) is 21.5. The van der Waals surface area contributed by atoms with Crippen molar-refractivity contribution in [3.63, 3.8) is 0 Å². The number of rotatable bonds is 1. The number of hydrogen-bond donors (Lipinski definition) is 0. The number of amides is 1. The maximum absolute atomic E-state index is 14.2. The molecule has 1 saturated heterocycles. The van der Waals surface area contributed by atoms with Gasteiger partial charge in [0.25, 0.3) is 5.91 Å². The van der Waals surface area contributed by atoms with Crippen molar-refractivity contribution < 1.29 is 18.3 Å². The van der Waals surface area contributed by atoms with Crippen LogP contribution in [0.3, 0.4) is 0 Å². The molecule has 168 valence electrons. The van der Waals surface area contributed by atoms with Gasteiger partial charge in [-0.2, -0.15) is 0 Å². The van der Waals surface area contributed by atoms with E-state index in [-0.39, 0.29) is 6.04 Å². The number of aryl methyl sites for hydroxylation is 1. The molecule has 1 unspecified atom stereocenters. The van der Waals surface area contributed by atoms with Gasteiger partial charge in [-0.15, -0.1) is 0 Å². The number of benzene rings is 3. The Morgan fingerprint density at radius 1 is 1.00 bits per heavy atom. The number of piperazine rings is 1. The van der Waals surface area contributed by atoms with Crippen LogP contribution in [0.5, 0.6) is 11.5 Å². The van der Waals surface area contributed by atoms with Crippen molar-refractivity contribution >= 4 is 17.4 Å². The van der Waals surface area contributed by atoms with E-state index in [1.165, 1.54) is 11.0 Å². The normalized spacial score (nSPS) is 17.5. The fourth-order valence-corrected chi connectivity index (χ4v) is 4.37. The largest absolute Gasteiger partial charge is 0.454 e. The number of fused-ring (bicyclic) bond motifs is 2. The van der Waals surface area contributed by atoms with Crippen LogP contribution in [0, 0.1) is 18.6 Å². The summed E-state index contributed by atoms with van der Waals surface area (Å²) in [6.07, 6.45) is 0. The van der Waals surface area contributed by atoms with Gasteiger partial charge >= 0.3 is 0 Å². The SMILES string of the molecule is Cc1ccc2c(c1)Oc1ccccc1C(N1CCN(C(=O)c3c(F)cccc3F)C(C)C1)=N2. The van der Waals surface area contributed by atoms with Crippen molar-refractivity contribution in [2.24, 2.45) is 4.99 Å². The molecular weight excluding hydrogens is 424 g/mol. The van der Waals surface area contributed by atoms with Gasteiger partial charge in [-0.3, -0.25) is 4.79 Å². The van der Waals surface area contributed by atoms with Gasteiger partial charge in [-0.05, 0) is 55.8 Å². The van der Waals surface area contributed by atoms with Gasteiger partial charge in [0.1, 0.15) is 34.5 Å². The summed E-state index contributed by atoms with van der Waals surface area (Å²) >= 11 is 0. The average molecular weight is 447 g/mol. The van der Waals surface area contributed by atoms with E-state index in [9.17, 15) is 13.6 Å². The van der Waals surface area contributed by atoms with Gasteiger partial charge in [0, 0.05) is 25.7 Å². The van der Waals surface area contributed by atoms with Crippen LogP contribution in [-0.2, 0) is 0 Å². The molecule has 0 aromatic heterocycles. The Morgan fingerprint density at radius 3 is 2.52 bits per heavy atom. The second-order valence-corrected chi connectivity index (χ2v) is 8.40. The number of hydrogen-bond acceptors (Lipinski definition) is 4. The highest BCUT2D eigenvalue weighted by molar-refractivity contribution is 6.04. The molecule has 2 aliphatic heterocycles. The Kier molecular flexibility index (Phi) is 5.32. The van der Waals surface area contributed by atoms with Crippen LogP contribution in [0.4, 0.5) is 14.5 Å². The van der Waals surface area contributed by atoms with Crippen molar-refractivity contribution in [3.8, 4) is 11.5 Å². The molecule has 33 heavy (non-hydrogen) atoms. The lowest BCUT2D eigenvalue weighted by Gasteiger charge is -2.41. The highest BCUT2D eigenvalue weighted by atomic mass is 19.1. The van der Waals surface area contributed by atoms with E-state index in [0.29, 0.717) is 31.1 Å². The third-order valence-corrected chi connectivity index (χ3v) is 6.05. The fraction of sp³-hybridized carbons (Fsp3) is 0.231. The number of carbonyl (C=O) groups excluding carboxylic acids is 1. The van der Waals surface area contributed by atoms with Gasteiger partial charge in [0.2, 0.25) is 0 Å². The third kappa shape index (κ3) is 3.84. The molecule has 7 heteroatoms. The first-order chi connectivity index (χ1) is 15.9. The lowest BCUT2D eigenvalue weighted by atomic mass is 10.1.